The molecule has 140 valence electrons. The average Bonchev–Trinajstić information content (AvgIpc) is 3.16. The summed E-state index contributed by atoms with van der Waals surface area (Å²) in [4.78, 5) is 20.4. The largest absolute Gasteiger partial charge is 0.315 e. The number of nitrogens with zero attached hydrogens (tertiary/aromatic N) is 1. The van der Waals surface area contributed by atoms with E-state index in [-0.39, 0.29) is 5.78 Å². The highest BCUT2D eigenvalue weighted by Crippen LogP contribution is 2.30. The second-order valence-electron chi connectivity index (χ2n) is 6.85. The number of hydrogen-bond donors (Lipinski definition) is 2. The van der Waals surface area contributed by atoms with Crippen LogP contribution in [0.3, 0.4) is 0 Å². The number of nitrogens with one attached hydrogen (secondary N) is 2. The summed E-state index contributed by atoms with van der Waals surface area (Å²) in [5.74, 6) is 0.127. The second kappa shape index (κ2) is 8.00. The van der Waals surface area contributed by atoms with Gasteiger partial charge in [-0.05, 0) is 65.7 Å². The Bertz CT molecular complexity index is 1040. The first-order valence-electron chi connectivity index (χ1n) is 9.14. The Morgan fingerprint density at radius 2 is 1.79 bits per heavy atom. The molecular formula is C23H21N3OS. The van der Waals surface area contributed by atoms with Crippen LogP contribution in [0.1, 0.15) is 18.1 Å². The van der Waals surface area contributed by atoms with Gasteiger partial charge in [0.25, 0.3) is 0 Å². The molecule has 0 radical (unpaired) electrons. The van der Waals surface area contributed by atoms with E-state index < -0.39 is 0 Å². The summed E-state index contributed by atoms with van der Waals surface area (Å²) >= 11 is 1.34. The van der Waals surface area contributed by atoms with Gasteiger partial charge in [0, 0.05) is 30.1 Å². The lowest BCUT2D eigenvalue weighted by Gasteiger charge is -2.10. The summed E-state index contributed by atoms with van der Waals surface area (Å²) < 4.78 is 0. The van der Waals surface area contributed by atoms with E-state index in [0.29, 0.717) is 6.42 Å². The monoisotopic (exact) mass is 387 g/mol. The van der Waals surface area contributed by atoms with Crippen LogP contribution in [0.15, 0.2) is 77.6 Å². The van der Waals surface area contributed by atoms with Crippen LogP contribution in [0.4, 0.5) is 0 Å². The molecule has 2 aromatic carbocycles. The number of hydrazine groups is 1. The molecule has 0 spiro atoms. The average molecular weight is 388 g/mol. The lowest BCUT2D eigenvalue weighted by atomic mass is 9.94. The molecule has 0 bridgehead atoms. The fourth-order valence-corrected chi connectivity index (χ4v) is 3.96. The van der Waals surface area contributed by atoms with Gasteiger partial charge in [-0.3, -0.25) is 9.78 Å². The van der Waals surface area contributed by atoms with Gasteiger partial charge in [-0.2, -0.15) is 4.83 Å². The lowest BCUT2D eigenvalue weighted by molar-refractivity contribution is -0.114. The molecule has 1 aromatic heterocycles. The van der Waals surface area contributed by atoms with Crippen LogP contribution in [0.25, 0.3) is 22.3 Å². The Kier molecular flexibility index (Phi) is 5.28. The van der Waals surface area contributed by atoms with Crippen LogP contribution in [0.5, 0.6) is 0 Å². The quantitative estimate of drug-likeness (QED) is 0.615. The smallest absolute Gasteiger partial charge is 0.176 e. The zero-order chi connectivity index (χ0) is 19.5. The highest BCUT2D eigenvalue weighted by atomic mass is 32.2. The fraction of sp³-hybridized carbons (Fsp3) is 0.130. The molecule has 2 heterocycles. The molecule has 4 nitrogen and oxygen atoms in total. The van der Waals surface area contributed by atoms with Crippen molar-refractivity contribution in [2.45, 2.75) is 20.3 Å². The van der Waals surface area contributed by atoms with E-state index in [9.17, 15) is 4.79 Å². The molecule has 0 fully saturated rings. The normalized spacial score (nSPS) is 13.5. The van der Waals surface area contributed by atoms with E-state index in [1.54, 1.807) is 6.20 Å². The van der Waals surface area contributed by atoms with Crippen molar-refractivity contribution in [2.75, 3.05) is 0 Å². The van der Waals surface area contributed by atoms with Crippen LogP contribution >= 0.6 is 11.9 Å². The molecule has 28 heavy (non-hydrogen) atoms. The number of allylic oxidation sites excluding steroid dienone is 2. The topological polar surface area (TPSA) is 54.0 Å². The highest BCUT2D eigenvalue weighted by Gasteiger charge is 2.19. The number of pyridine rings is 1. The molecule has 0 atom stereocenters. The fourth-order valence-electron chi connectivity index (χ4n) is 3.27. The molecule has 0 amide bonds. The molecule has 4 rings (SSSR count). The number of aryl methyl sites for hydroxylation is 1. The third-order valence-electron chi connectivity index (χ3n) is 4.85. The molecule has 0 aliphatic carbocycles. The molecule has 0 saturated heterocycles. The molecule has 1 aliphatic heterocycles. The Morgan fingerprint density at radius 3 is 2.46 bits per heavy atom. The van der Waals surface area contributed by atoms with Crippen molar-refractivity contribution in [1.82, 2.24) is 15.2 Å². The van der Waals surface area contributed by atoms with Gasteiger partial charge in [0.2, 0.25) is 0 Å². The van der Waals surface area contributed by atoms with E-state index in [1.807, 2.05) is 31.3 Å². The van der Waals surface area contributed by atoms with E-state index in [4.69, 9.17) is 0 Å². The van der Waals surface area contributed by atoms with Crippen LogP contribution in [0, 0.1) is 6.92 Å². The van der Waals surface area contributed by atoms with Gasteiger partial charge >= 0.3 is 0 Å². The van der Waals surface area contributed by atoms with Gasteiger partial charge in [0.15, 0.2) is 5.78 Å². The molecule has 3 aromatic rings. The number of aromatic nitrogens is 1. The number of ketones is 1. The summed E-state index contributed by atoms with van der Waals surface area (Å²) in [6.45, 7) is 4.02. The Balaban J connectivity index is 1.57. The van der Waals surface area contributed by atoms with E-state index >= 15 is 0 Å². The van der Waals surface area contributed by atoms with Crippen molar-refractivity contribution in [1.29, 1.82) is 0 Å². The minimum absolute atomic E-state index is 0.127. The number of benzene rings is 2. The standard InChI is InChI=1S/C23H21N3OS/c1-15-5-8-19(20-4-3-11-24-14-20)13-21(15)18-9-6-17(7-10-18)12-22(27)23-16(2)25-26-28-23/h3-11,13-14,25-26H,12H2,1-2H3. The van der Waals surface area contributed by atoms with Crippen molar-refractivity contribution in [3.63, 3.8) is 0 Å². The Morgan fingerprint density at radius 1 is 1.00 bits per heavy atom. The van der Waals surface area contributed by atoms with Gasteiger partial charge in [0.05, 0.1) is 4.91 Å². The van der Waals surface area contributed by atoms with Crippen LogP contribution in [-0.4, -0.2) is 10.8 Å². The lowest BCUT2D eigenvalue weighted by Crippen LogP contribution is -2.16. The number of carbonyl (C=O) groups is 1. The molecular weight excluding hydrogens is 366 g/mol. The first-order valence-corrected chi connectivity index (χ1v) is 9.96. The molecule has 5 heteroatoms. The SMILES string of the molecule is CC1=C(C(=O)Cc2ccc(-c3cc(-c4cccnc4)ccc3C)cc2)SNN1. The predicted octanol–water partition coefficient (Wildman–Crippen LogP) is 4.82. The van der Waals surface area contributed by atoms with Crippen molar-refractivity contribution >= 4 is 17.7 Å². The number of rotatable bonds is 5. The van der Waals surface area contributed by atoms with Crippen LogP contribution in [0.2, 0.25) is 0 Å². The maximum absolute atomic E-state index is 12.5. The van der Waals surface area contributed by atoms with Gasteiger partial charge in [-0.1, -0.05) is 42.5 Å². The summed E-state index contributed by atoms with van der Waals surface area (Å²) in [6, 6.07) is 18.8. The van der Waals surface area contributed by atoms with Gasteiger partial charge in [0.1, 0.15) is 0 Å². The molecule has 0 unspecified atom stereocenters. The summed E-state index contributed by atoms with van der Waals surface area (Å²) in [7, 11) is 0. The van der Waals surface area contributed by atoms with E-state index in [2.05, 4.69) is 58.6 Å². The van der Waals surface area contributed by atoms with Gasteiger partial charge in [-0.15, -0.1) is 0 Å². The predicted molar refractivity (Wildman–Crippen MR) is 115 cm³/mol. The Labute approximate surface area is 169 Å². The van der Waals surface area contributed by atoms with Crippen molar-refractivity contribution in [3.8, 4) is 22.3 Å². The summed E-state index contributed by atoms with van der Waals surface area (Å²) in [5.41, 5.74) is 10.7. The van der Waals surface area contributed by atoms with Crippen molar-refractivity contribution in [2.24, 2.45) is 0 Å². The second-order valence-corrected chi connectivity index (χ2v) is 7.67. The van der Waals surface area contributed by atoms with E-state index in [0.717, 1.165) is 32.9 Å². The Hall–Kier alpha value is -2.89. The van der Waals surface area contributed by atoms with Crippen molar-refractivity contribution in [3.05, 3.63) is 88.7 Å². The number of carbonyl (C=O) groups excluding carboxylic acids is 1. The number of hydrogen-bond acceptors (Lipinski definition) is 5. The minimum Gasteiger partial charge on any atom is -0.315 e. The van der Waals surface area contributed by atoms with Gasteiger partial charge in [-0.25, -0.2) is 0 Å². The zero-order valence-corrected chi connectivity index (χ0v) is 16.6. The maximum atomic E-state index is 12.5. The molecule has 0 saturated carbocycles. The number of Topliss-reactive ketones (excluding diaryl/α,β-unsaturated/α-hetero) is 1. The first-order chi connectivity index (χ1) is 13.6. The van der Waals surface area contributed by atoms with Crippen LogP contribution in [-0.2, 0) is 11.2 Å². The third-order valence-corrected chi connectivity index (χ3v) is 5.79. The zero-order valence-electron chi connectivity index (χ0n) is 15.8. The van der Waals surface area contributed by atoms with Crippen molar-refractivity contribution < 1.29 is 4.79 Å². The van der Waals surface area contributed by atoms with Crippen LogP contribution < -0.4 is 10.3 Å². The minimum atomic E-state index is 0.127. The maximum Gasteiger partial charge on any atom is 0.176 e. The summed E-state index contributed by atoms with van der Waals surface area (Å²) in [6.07, 6.45) is 4.06. The van der Waals surface area contributed by atoms with Gasteiger partial charge < -0.3 is 5.43 Å². The third kappa shape index (κ3) is 3.86. The van der Waals surface area contributed by atoms with E-state index in [1.165, 1.54) is 23.1 Å². The summed E-state index contributed by atoms with van der Waals surface area (Å²) in [5, 5.41) is 0. The molecule has 2 N–H and O–H groups in total. The highest BCUT2D eigenvalue weighted by molar-refractivity contribution is 8.02. The first kappa shape index (κ1) is 18.5. The molecule has 1 aliphatic rings.